The van der Waals surface area contributed by atoms with E-state index in [4.69, 9.17) is 0 Å². The average molecular weight is 289 g/mol. The van der Waals surface area contributed by atoms with Gasteiger partial charge in [-0.25, -0.2) is 4.79 Å². The second kappa shape index (κ2) is 6.74. The largest absolute Gasteiger partial charge is 0.480 e. The third kappa shape index (κ3) is 4.06. The van der Waals surface area contributed by atoms with E-state index in [-0.39, 0.29) is 11.3 Å². The Morgan fingerprint density at radius 3 is 2.48 bits per heavy atom. The molecule has 1 aliphatic rings. The van der Waals surface area contributed by atoms with Gasteiger partial charge in [0.05, 0.1) is 5.41 Å². The Bertz CT molecular complexity index is 494. The molecule has 1 saturated carbocycles. The number of carbonyl (C=O) groups is 2. The first-order valence-corrected chi connectivity index (χ1v) is 7.65. The van der Waals surface area contributed by atoms with Crippen LogP contribution in [0.3, 0.4) is 0 Å². The Kier molecular flexibility index (Phi) is 4.99. The molecule has 1 unspecified atom stereocenters. The summed E-state index contributed by atoms with van der Waals surface area (Å²) in [6, 6.07) is 9.15. The number of rotatable bonds is 8. The highest BCUT2D eigenvalue weighted by molar-refractivity contribution is 5.89. The standard InChI is InChI=1S/C17H23NO3/c1-2-3-9-14(15(19)20)18-16(21)17(10-11-17)12-13-7-5-4-6-8-13/h4-8,14H,2-3,9-12H2,1H3,(H,18,21)(H,19,20). The fraction of sp³-hybridized carbons (Fsp3) is 0.529. The lowest BCUT2D eigenvalue weighted by Crippen LogP contribution is -2.44. The number of hydrogen-bond acceptors (Lipinski definition) is 2. The molecule has 0 saturated heterocycles. The predicted molar refractivity (Wildman–Crippen MR) is 80.9 cm³/mol. The Hall–Kier alpha value is -1.84. The maximum atomic E-state index is 12.4. The maximum absolute atomic E-state index is 12.4. The Balaban J connectivity index is 1.96. The molecule has 4 nitrogen and oxygen atoms in total. The molecule has 0 bridgehead atoms. The van der Waals surface area contributed by atoms with E-state index >= 15 is 0 Å². The zero-order valence-corrected chi connectivity index (χ0v) is 12.5. The SMILES string of the molecule is CCCCC(NC(=O)C1(Cc2ccccc2)CC1)C(=O)O. The minimum atomic E-state index is -0.938. The van der Waals surface area contributed by atoms with Gasteiger partial charge in [-0.3, -0.25) is 4.79 Å². The first-order valence-electron chi connectivity index (χ1n) is 7.65. The molecule has 2 rings (SSSR count). The van der Waals surface area contributed by atoms with Crippen molar-refractivity contribution in [3.8, 4) is 0 Å². The van der Waals surface area contributed by atoms with Gasteiger partial charge in [-0.1, -0.05) is 50.1 Å². The lowest BCUT2D eigenvalue weighted by Gasteiger charge is -2.20. The van der Waals surface area contributed by atoms with E-state index in [2.05, 4.69) is 5.32 Å². The molecule has 1 fully saturated rings. The highest BCUT2D eigenvalue weighted by Crippen LogP contribution is 2.48. The van der Waals surface area contributed by atoms with Gasteiger partial charge < -0.3 is 10.4 Å². The molecule has 0 aliphatic heterocycles. The van der Waals surface area contributed by atoms with E-state index in [0.29, 0.717) is 12.8 Å². The van der Waals surface area contributed by atoms with E-state index in [1.165, 1.54) is 0 Å². The first kappa shape index (κ1) is 15.5. The molecular weight excluding hydrogens is 266 g/mol. The normalized spacial score (nSPS) is 17.0. The molecule has 1 amide bonds. The zero-order chi connectivity index (χ0) is 15.3. The minimum Gasteiger partial charge on any atom is -0.480 e. The van der Waals surface area contributed by atoms with Crippen LogP contribution in [0.15, 0.2) is 30.3 Å². The first-order chi connectivity index (χ1) is 10.1. The molecule has 4 heteroatoms. The van der Waals surface area contributed by atoms with Crippen molar-refractivity contribution in [2.45, 2.75) is 51.5 Å². The van der Waals surface area contributed by atoms with Crippen molar-refractivity contribution in [1.29, 1.82) is 0 Å². The van der Waals surface area contributed by atoms with E-state index in [0.717, 1.165) is 31.2 Å². The summed E-state index contributed by atoms with van der Waals surface area (Å²) in [5.41, 5.74) is 0.743. The summed E-state index contributed by atoms with van der Waals surface area (Å²) < 4.78 is 0. The fourth-order valence-electron chi connectivity index (χ4n) is 2.60. The summed E-state index contributed by atoms with van der Waals surface area (Å²) in [6.45, 7) is 2.01. The van der Waals surface area contributed by atoms with Crippen LogP contribution >= 0.6 is 0 Å². The molecule has 1 aromatic rings. The van der Waals surface area contributed by atoms with Gasteiger partial charge in [-0.2, -0.15) is 0 Å². The van der Waals surface area contributed by atoms with Crippen LogP contribution in [0.4, 0.5) is 0 Å². The van der Waals surface area contributed by atoms with Crippen molar-refractivity contribution in [3.63, 3.8) is 0 Å². The number of nitrogens with one attached hydrogen (secondary N) is 1. The highest BCUT2D eigenvalue weighted by Gasteiger charge is 2.50. The molecule has 1 atom stereocenters. The van der Waals surface area contributed by atoms with Gasteiger partial charge in [-0.05, 0) is 31.2 Å². The molecule has 2 N–H and O–H groups in total. The fourth-order valence-corrected chi connectivity index (χ4v) is 2.60. The Morgan fingerprint density at radius 1 is 1.29 bits per heavy atom. The van der Waals surface area contributed by atoms with Crippen LogP contribution in [0.5, 0.6) is 0 Å². The molecule has 0 radical (unpaired) electrons. The van der Waals surface area contributed by atoms with Gasteiger partial charge in [0, 0.05) is 0 Å². The summed E-state index contributed by atoms with van der Waals surface area (Å²) in [5, 5.41) is 11.9. The molecule has 0 aromatic heterocycles. The Labute approximate surface area is 125 Å². The lowest BCUT2D eigenvalue weighted by molar-refractivity contribution is -0.143. The number of carboxylic acid groups (broad SMARTS) is 1. The van der Waals surface area contributed by atoms with Gasteiger partial charge in [0.1, 0.15) is 6.04 Å². The quantitative estimate of drug-likeness (QED) is 0.773. The third-order valence-corrected chi connectivity index (χ3v) is 4.17. The number of aliphatic carboxylic acids is 1. The Morgan fingerprint density at radius 2 is 1.95 bits per heavy atom. The predicted octanol–water partition coefficient (Wildman–Crippen LogP) is 2.77. The van der Waals surface area contributed by atoms with Crippen LogP contribution in [-0.2, 0) is 16.0 Å². The van der Waals surface area contributed by atoms with Crippen molar-refractivity contribution in [2.24, 2.45) is 5.41 Å². The van der Waals surface area contributed by atoms with Gasteiger partial charge in [0.25, 0.3) is 0 Å². The maximum Gasteiger partial charge on any atom is 0.326 e. The third-order valence-electron chi connectivity index (χ3n) is 4.17. The molecule has 1 aromatic carbocycles. The molecule has 21 heavy (non-hydrogen) atoms. The van der Waals surface area contributed by atoms with Crippen LogP contribution in [0.2, 0.25) is 0 Å². The summed E-state index contributed by atoms with van der Waals surface area (Å²) in [5.74, 6) is -1.04. The number of amides is 1. The van der Waals surface area contributed by atoms with Crippen LogP contribution in [0, 0.1) is 5.41 Å². The van der Waals surface area contributed by atoms with Crippen LogP contribution < -0.4 is 5.32 Å². The monoisotopic (exact) mass is 289 g/mol. The highest BCUT2D eigenvalue weighted by atomic mass is 16.4. The van der Waals surface area contributed by atoms with Crippen molar-refractivity contribution in [3.05, 3.63) is 35.9 Å². The summed E-state index contributed by atoms with van der Waals surface area (Å²) in [7, 11) is 0. The van der Waals surface area contributed by atoms with E-state index in [1.807, 2.05) is 37.3 Å². The van der Waals surface area contributed by atoms with Crippen molar-refractivity contribution >= 4 is 11.9 Å². The summed E-state index contributed by atoms with van der Waals surface area (Å²) in [6.07, 6.45) is 4.61. The van der Waals surface area contributed by atoms with Crippen molar-refractivity contribution in [1.82, 2.24) is 5.32 Å². The molecule has 0 spiro atoms. The smallest absolute Gasteiger partial charge is 0.326 e. The number of benzene rings is 1. The van der Waals surface area contributed by atoms with Gasteiger partial charge in [-0.15, -0.1) is 0 Å². The van der Waals surface area contributed by atoms with Crippen LogP contribution in [0.25, 0.3) is 0 Å². The van der Waals surface area contributed by atoms with Crippen LogP contribution in [0.1, 0.15) is 44.6 Å². The molecule has 1 aliphatic carbocycles. The van der Waals surface area contributed by atoms with Crippen molar-refractivity contribution < 1.29 is 14.7 Å². The molecular formula is C17H23NO3. The summed E-state index contributed by atoms with van der Waals surface area (Å²) >= 11 is 0. The van der Waals surface area contributed by atoms with E-state index in [9.17, 15) is 14.7 Å². The van der Waals surface area contributed by atoms with E-state index in [1.54, 1.807) is 0 Å². The lowest BCUT2D eigenvalue weighted by atomic mass is 9.95. The number of carbonyl (C=O) groups excluding carboxylic acids is 1. The van der Waals surface area contributed by atoms with Crippen LogP contribution in [-0.4, -0.2) is 23.0 Å². The van der Waals surface area contributed by atoms with Crippen molar-refractivity contribution in [2.75, 3.05) is 0 Å². The van der Waals surface area contributed by atoms with Gasteiger partial charge in [0.15, 0.2) is 0 Å². The van der Waals surface area contributed by atoms with E-state index < -0.39 is 12.0 Å². The minimum absolute atomic E-state index is 0.102. The number of hydrogen-bond donors (Lipinski definition) is 2. The summed E-state index contributed by atoms with van der Waals surface area (Å²) in [4.78, 5) is 23.7. The van der Waals surface area contributed by atoms with Gasteiger partial charge in [0.2, 0.25) is 5.91 Å². The second-order valence-electron chi connectivity index (χ2n) is 5.95. The number of unbranched alkanes of at least 4 members (excludes halogenated alkanes) is 1. The topological polar surface area (TPSA) is 66.4 Å². The number of carboxylic acids is 1. The average Bonchev–Trinajstić information content (AvgIpc) is 3.25. The molecule has 114 valence electrons. The van der Waals surface area contributed by atoms with Gasteiger partial charge >= 0.3 is 5.97 Å². The second-order valence-corrected chi connectivity index (χ2v) is 5.95. The molecule has 0 heterocycles. The zero-order valence-electron chi connectivity index (χ0n) is 12.5.